The number of hydrogen-bond acceptors (Lipinski definition) is 3. The van der Waals surface area contributed by atoms with Crippen molar-refractivity contribution in [2.24, 2.45) is 5.90 Å². The van der Waals surface area contributed by atoms with E-state index in [0.29, 0.717) is 0 Å². The Morgan fingerprint density at radius 1 is 1.38 bits per heavy atom. The van der Waals surface area contributed by atoms with Gasteiger partial charge in [0.15, 0.2) is 0 Å². The highest BCUT2D eigenvalue weighted by atomic mass is 19.4. The molecule has 3 nitrogen and oxygen atoms in total. The minimum absolute atomic E-state index is 0.0864. The summed E-state index contributed by atoms with van der Waals surface area (Å²) >= 11 is 0. The second-order valence-electron chi connectivity index (χ2n) is 2.39. The number of aromatic nitrogens is 1. The molecule has 0 aliphatic carbocycles. The lowest BCUT2D eigenvalue weighted by Gasteiger charge is -2.06. The summed E-state index contributed by atoms with van der Waals surface area (Å²) in [5.41, 5.74) is -0.514. The van der Waals surface area contributed by atoms with E-state index in [1.807, 2.05) is 0 Å². The maximum Gasteiger partial charge on any atom is 0.417 e. The van der Waals surface area contributed by atoms with E-state index < -0.39 is 11.7 Å². The van der Waals surface area contributed by atoms with Crippen molar-refractivity contribution in [2.75, 3.05) is 0 Å². The van der Waals surface area contributed by atoms with Crippen LogP contribution in [0.25, 0.3) is 0 Å². The molecule has 1 aromatic heterocycles. The first-order valence-electron chi connectivity index (χ1n) is 3.37. The molecule has 0 saturated carbocycles. The Kier molecular flexibility index (Phi) is 2.84. The predicted octanol–water partition coefficient (Wildman–Crippen LogP) is 1.49. The van der Waals surface area contributed by atoms with Crippen LogP contribution in [0.1, 0.15) is 11.1 Å². The Morgan fingerprint density at radius 3 is 2.62 bits per heavy atom. The van der Waals surface area contributed by atoms with Crippen LogP contribution < -0.4 is 5.90 Å². The number of halogens is 3. The lowest BCUT2D eigenvalue weighted by Crippen LogP contribution is -2.07. The third kappa shape index (κ3) is 2.67. The van der Waals surface area contributed by atoms with Crippen molar-refractivity contribution in [2.45, 2.75) is 12.8 Å². The molecule has 0 radical (unpaired) electrons. The molecule has 0 atom stereocenters. The van der Waals surface area contributed by atoms with Crippen molar-refractivity contribution in [3.05, 3.63) is 29.6 Å². The highest BCUT2D eigenvalue weighted by molar-refractivity contribution is 5.19. The molecule has 0 bridgehead atoms. The molecule has 2 N–H and O–H groups in total. The number of rotatable bonds is 2. The minimum atomic E-state index is -4.38. The zero-order valence-electron chi connectivity index (χ0n) is 6.51. The van der Waals surface area contributed by atoms with Gasteiger partial charge in [-0.2, -0.15) is 13.2 Å². The molecule has 0 saturated heterocycles. The molecule has 1 heterocycles. The summed E-state index contributed by atoms with van der Waals surface area (Å²) in [5.74, 6) is 4.71. The molecule has 0 spiro atoms. The van der Waals surface area contributed by atoms with Crippen LogP contribution in [0.5, 0.6) is 0 Å². The maximum atomic E-state index is 12.1. The fraction of sp³-hybridized carbons (Fsp3) is 0.286. The highest BCUT2D eigenvalue weighted by Crippen LogP contribution is 2.28. The second kappa shape index (κ2) is 3.71. The van der Waals surface area contributed by atoms with E-state index in [-0.39, 0.29) is 12.2 Å². The average Bonchev–Trinajstić information content (AvgIpc) is 2.04. The van der Waals surface area contributed by atoms with Gasteiger partial charge in [-0.15, -0.1) is 0 Å². The Balaban J connectivity index is 2.92. The van der Waals surface area contributed by atoms with Gasteiger partial charge in [-0.1, -0.05) is 0 Å². The van der Waals surface area contributed by atoms with Crippen molar-refractivity contribution in [1.29, 1.82) is 0 Å². The summed E-state index contributed by atoms with van der Waals surface area (Å²) in [7, 11) is 0. The third-order valence-corrected chi connectivity index (χ3v) is 1.37. The van der Waals surface area contributed by atoms with E-state index in [9.17, 15) is 13.2 Å². The molecular weight excluding hydrogens is 185 g/mol. The van der Waals surface area contributed by atoms with Gasteiger partial charge in [0.25, 0.3) is 0 Å². The van der Waals surface area contributed by atoms with Crippen molar-refractivity contribution >= 4 is 0 Å². The van der Waals surface area contributed by atoms with E-state index in [4.69, 9.17) is 5.90 Å². The average molecular weight is 192 g/mol. The summed E-state index contributed by atoms with van der Waals surface area (Å²) in [6.45, 7) is -0.0864. The van der Waals surface area contributed by atoms with E-state index >= 15 is 0 Å². The molecule has 1 aromatic rings. The summed E-state index contributed by atoms with van der Waals surface area (Å²) in [4.78, 5) is 7.60. The fourth-order valence-corrected chi connectivity index (χ4v) is 0.818. The van der Waals surface area contributed by atoms with Gasteiger partial charge >= 0.3 is 6.18 Å². The maximum absolute atomic E-state index is 12.1. The van der Waals surface area contributed by atoms with Crippen LogP contribution in [-0.4, -0.2) is 4.98 Å². The fourth-order valence-electron chi connectivity index (χ4n) is 0.818. The topological polar surface area (TPSA) is 48.1 Å². The summed E-state index contributed by atoms with van der Waals surface area (Å²) in [5, 5.41) is 0. The van der Waals surface area contributed by atoms with Gasteiger partial charge in [-0.3, -0.25) is 9.82 Å². The molecule has 1 rings (SSSR count). The first-order chi connectivity index (χ1) is 6.04. The molecule has 0 fully saturated rings. The quantitative estimate of drug-likeness (QED) is 0.722. The molecule has 0 aromatic carbocycles. The van der Waals surface area contributed by atoms with Crippen molar-refractivity contribution < 1.29 is 18.0 Å². The molecule has 0 unspecified atom stereocenters. The number of alkyl halides is 3. The smallest absolute Gasteiger partial charge is 0.300 e. The summed E-state index contributed by atoms with van der Waals surface area (Å²) < 4.78 is 36.3. The van der Waals surface area contributed by atoms with Gasteiger partial charge in [0.2, 0.25) is 0 Å². The number of pyridine rings is 1. The van der Waals surface area contributed by atoms with Crippen LogP contribution in [0, 0.1) is 0 Å². The summed E-state index contributed by atoms with van der Waals surface area (Å²) in [6, 6.07) is 0.944. The Morgan fingerprint density at radius 2 is 2.08 bits per heavy atom. The van der Waals surface area contributed by atoms with Gasteiger partial charge in [-0.25, -0.2) is 5.90 Å². The van der Waals surface area contributed by atoms with Gasteiger partial charge in [0, 0.05) is 12.4 Å². The lowest BCUT2D eigenvalue weighted by atomic mass is 10.2. The van der Waals surface area contributed by atoms with E-state index in [1.165, 1.54) is 6.20 Å². The van der Waals surface area contributed by atoms with Crippen LogP contribution in [0.4, 0.5) is 13.2 Å². The lowest BCUT2D eigenvalue weighted by molar-refractivity contribution is -0.137. The molecule has 72 valence electrons. The zero-order chi connectivity index (χ0) is 9.90. The van der Waals surface area contributed by atoms with Crippen LogP contribution in [0.3, 0.4) is 0 Å². The zero-order valence-corrected chi connectivity index (χ0v) is 6.51. The Hall–Kier alpha value is -1.14. The molecule has 0 aliphatic heterocycles. The number of hydrogen-bond donors (Lipinski definition) is 1. The van der Waals surface area contributed by atoms with Gasteiger partial charge in [0.05, 0.1) is 12.2 Å². The van der Waals surface area contributed by atoms with E-state index in [1.54, 1.807) is 0 Å². The van der Waals surface area contributed by atoms with Crippen molar-refractivity contribution in [1.82, 2.24) is 4.98 Å². The normalized spacial score (nSPS) is 11.7. The summed E-state index contributed by atoms with van der Waals surface area (Å²) in [6.07, 6.45) is -2.36. The Labute approximate surface area is 72.3 Å². The highest BCUT2D eigenvalue weighted by Gasteiger charge is 2.30. The standard InChI is InChI=1S/C7H7F3N2O/c8-7(9,10)6-1-5(4-13-11)2-12-3-6/h1-3H,4,11H2. The van der Waals surface area contributed by atoms with Crippen molar-refractivity contribution in [3.8, 4) is 0 Å². The molecule has 13 heavy (non-hydrogen) atoms. The minimum Gasteiger partial charge on any atom is -0.300 e. The van der Waals surface area contributed by atoms with Crippen molar-refractivity contribution in [3.63, 3.8) is 0 Å². The number of nitrogens with two attached hydrogens (primary N) is 1. The van der Waals surface area contributed by atoms with Crippen LogP contribution >= 0.6 is 0 Å². The molecule has 0 aliphatic rings. The van der Waals surface area contributed by atoms with E-state index in [2.05, 4.69) is 9.82 Å². The van der Waals surface area contributed by atoms with Crippen LogP contribution in [-0.2, 0) is 17.6 Å². The van der Waals surface area contributed by atoms with Crippen LogP contribution in [0.15, 0.2) is 18.5 Å². The molecular formula is C7H7F3N2O. The van der Waals surface area contributed by atoms with Crippen LogP contribution in [0.2, 0.25) is 0 Å². The van der Waals surface area contributed by atoms with E-state index in [0.717, 1.165) is 12.3 Å². The number of nitrogens with zero attached hydrogens (tertiary/aromatic N) is 1. The SMILES string of the molecule is NOCc1cncc(C(F)(F)F)c1. The molecule has 6 heteroatoms. The first-order valence-corrected chi connectivity index (χ1v) is 3.37. The predicted molar refractivity (Wildman–Crippen MR) is 38.2 cm³/mol. The van der Waals surface area contributed by atoms with Gasteiger partial charge in [-0.05, 0) is 11.6 Å². The second-order valence-corrected chi connectivity index (χ2v) is 2.39. The van der Waals surface area contributed by atoms with Gasteiger partial charge < -0.3 is 0 Å². The third-order valence-electron chi connectivity index (χ3n) is 1.37. The Bertz CT molecular complexity index is 287. The first kappa shape index (κ1) is 9.94. The largest absolute Gasteiger partial charge is 0.417 e. The van der Waals surface area contributed by atoms with Gasteiger partial charge in [0.1, 0.15) is 0 Å². The molecule has 0 amide bonds. The monoisotopic (exact) mass is 192 g/mol.